The van der Waals surface area contributed by atoms with Crippen molar-refractivity contribution < 1.29 is 14.3 Å². The van der Waals surface area contributed by atoms with E-state index in [0.29, 0.717) is 22.8 Å². The third-order valence-electron chi connectivity index (χ3n) is 4.90. The number of anilines is 2. The van der Waals surface area contributed by atoms with Crippen LogP contribution in [0.15, 0.2) is 66.7 Å². The van der Waals surface area contributed by atoms with Crippen LogP contribution in [0.1, 0.15) is 16.7 Å². The summed E-state index contributed by atoms with van der Waals surface area (Å²) in [6.07, 6.45) is 0. The first-order valence-electron chi connectivity index (χ1n) is 9.32. The lowest BCUT2D eigenvalue weighted by Gasteiger charge is -2.15. The fourth-order valence-electron chi connectivity index (χ4n) is 3.41. The van der Waals surface area contributed by atoms with Gasteiger partial charge >= 0.3 is 0 Å². The summed E-state index contributed by atoms with van der Waals surface area (Å²) in [7, 11) is 3.16. The molecular formula is C24H22N2O3. The highest BCUT2D eigenvalue weighted by Crippen LogP contribution is 2.43. The van der Waals surface area contributed by atoms with Crippen LogP contribution in [-0.2, 0) is 4.79 Å². The van der Waals surface area contributed by atoms with E-state index in [-0.39, 0.29) is 5.91 Å². The lowest BCUT2D eigenvalue weighted by atomic mass is 9.99. The van der Waals surface area contributed by atoms with Crippen LogP contribution in [0.5, 0.6) is 11.5 Å². The van der Waals surface area contributed by atoms with Gasteiger partial charge in [0.05, 0.1) is 31.2 Å². The third-order valence-corrected chi connectivity index (χ3v) is 4.90. The Morgan fingerprint density at radius 1 is 0.897 bits per heavy atom. The molecule has 0 aliphatic carbocycles. The Morgan fingerprint density at radius 3 is 2.21 bits per heavy atom. The average molecular weight is 386 g/mol. The van der Waals surface area contributed by atoms with E-state index in [1.807, 2.05) is 67.6 Å². The van der Waals surface area contributed by atoms with Gasteiger partial charge in [-0.25, -0.2) is 0 Å². The van der Waals surface area contributed by atoms with E-state index in [4.69, 9.17) is 9.47 Å². The van der Waals surface area contributed by atoms with Gasteiger partial charge in [-0.3, -0.25) is 4.79 Å². The molecule has 1 heterocycles. The van der Waals surface area contributed by atoms with Crippen LogP contribution in [0.3, 0.4) is 0 Å². The van der Waals surface area contributed by atoms with Crippen molar-refractivity contribution in [3.63, 3.8) is 0 Å². The molecule has 5 nitrogen and oxygen atoms in total. The Kier molecular flexibility index (Phi) is 4.96. The molecule has 0 spiro atoms. The number of benzene rings is 3. The minimum absolute atomic E-state index is 0.172. The second-order valence-electron chi connectivity index (χ2n) is 6.81. The molecule has 0 saturated heterocycles. The average Bonchev–Trinajstić information content (AvgIpc) is 3.07. The molecule has 3 aromatic rings. The third kappa shape index (κ3) is 3.55. The summed E-state index contributed by atoms with van der Waals surface area (Å²) in [6.45, 7) is 2.04. The number of hydrogen-bond donors (Lipinski definition) is 2. The zero-order valence-corrected chi connectivity index (χ0v) is 16.6. The monoisotopic (exact) mass is 386 g/mol. The molecule has 0 unspecified atom stereocenters. The number of nitrogens with one attached hydrogen (secondary N) is 2. The molecular weight excluding hydrogens is 364 g/mol. The SMILES string of the molecule is COc1cc2c(cc1OC)/C(=C(/Nc1ccc(C)cc1)c1ccccc1)C(=O)N2. The molecule has 3 aromatic carbocycles. The van der Waals surface area contributed by atoms with Crippen LogP contribution >= 0.6 is 0 Å². The van der Waals surface area contributed by atoms with Gasteiger partial charge in [-0.05, 0) is 30.7 Å². The van der Waals surface area contributed by atoms with Crippen LogP contribution in [-0.4, -0.2) is 20.1 Å². The van der Waals surface area contributed by atoms with Crippen molar-refractivity contribution in [2.45, 2.75) is 6.92 Å². The van der Waals surface area contributed by atoms with E-state index in [9.17, 15) is 4.79 Å². The lowest BCUT2D eigenvalue weighted by Crippen LogP contribution is -2.10. The predicted molar refractivity (Wildman–Crippen MR) is 116 cm³/mol. The molecule has 1 aliphatic heterocycles. The van der Waals surface area contributed by atoms with Gasteiger partial charge in [0, 0.05) is 17.3 Å². The number of carbonyl (C=O) groups excluding carboxylic acids is 1. The number of amides is 1. The summed E-state index contributed by atoms with van der Waals surface area (Å²) in [6, 6.07) is 21.5. The molecule has 0 bridgehead atoms. The standard InChI is InChI=1S/C24H22N2O3/c1-15-9-11-17(12-10-15)25-23(16-7-5-4-6-8-16)22-18-13-20(28-2)21(29-3)14-19(18)26-24(22)27/h4-14,25H,1-3H3,(H,26,27)/b23-22-. The maximum atomic E-state index is 13.0. The van der Waals surface area contributed by atoms with Crippen molar-refractivity contribution in [1.82, 2.24) is 0 Å². The number of rotatable bonds is 5. The van der Waals surface area contributed by atoms with Crippen molar-refractivity contribution in [1.29, 1.82) is 0 Å². The molecule has 146 valence electrons. The van der Waals surface area contributed by atoms with Gasteiger partial charge in [0.25, 0.3) is 5.91 Å². The lowest BCUT2D eigenvalue weighted by molar-refractivity contribution is -0.110. The van der Waals surface area contributed by atoms with E-state index in [1.54, 1.807) is 20.3 Å². The quantitative estimate of drug-likeness (QED) is 0.610. The summed E-state index contributed by atoms with van der Waals surface area (Å²) < 4.78 is 10.8. The normalized spacial score (nSPS) is 14.1. The predicted octanol–water partition coefficient (Wildman–Crippen LogP) is 4.94. The van der Waals surface area contributed by atoms with Crippen LogP contribution < -0.4 is 20.1 Å². The number of hydrogen-bond acceptors (Lipinski definition) is 4. The Morgan fingerprint density at radius 2 is 1.55 bits per heavy atom. The number of ether oxygens (including phenoxy) is 2. The largest absolute Gasteiger partial charge is 0.493 e. The Hall–Kier alpha value is -3.73. The number of methoxy groups -OCH3 is 2. The first-order chi connectivity index (χ1) is 14.1. The Labute approximate surface area is 170 Å². The summed E-state index contributed by atoms with van der Waals surface area (Å²) in [5, 5.41) is 6.39. The zero-order valence-electron chi connectivity index (χ0n) is 16.6. The van der Waals surface area contributed by atoms with Crippen molar-refractivity contribution in [3.8, 4) is 11.5 Å². The highest BCUT2D eigenvalue weighted by atomic mass is 16.5. The summed E-state index contributed by atoms with van der Waals surface area (Å²) in [5.74, 6) is 0.970. The van der Waals surface area contributed by atoms with Gasteiger partial charge in [-0.15, -0.1) is 0 Å². The minimum atomic E-state index is -0.172. The Balaban J connectivity index is 1.91. The minimum Gasteiger partial charge on any atom is -0.493 e. The molecule has 0 aromatic heterocycles. The smallest absolute Gasteiger partial charge is 0.258 e. The van der Waals surface area contributed by atoms with E-state index < -0.39 is 0 Å². The van der Waals surface area contributed by atoms with Crippen molar-refractivity contribution >= 4 is 28.6 Å². The van der Waals surface area contributed by atoms with Crippen molar-refractivity contribution in [2.75, 3.05) is 24.9 Å². The molecule has 29 heavy (non-hydrogen) atoms. The van der Waals surface area contributed by atoms with Gasteiger partial charge in [0.2, 0.25) is 0 Å². The molecule has 4 rings (SSSR count). The first kappa shape index (κ1) is 18.6. The van der Waals surface area contributed by atoms with Gasteiger partial charge < -0.3 is 20.1 Å². The topological polar surface area (TPSA) is 59.6 Å². The van der Waals surface area contributed by atoms with Crippen LogP contribution in [0, 0.1) is 6.92 Å². The number of aryl methyl sites for hydroxylation is 1. The Bertz CT molecular complexity index is 1090. The second kappa shape index (κ2) is 7.72. The zero-order chi connectivity index (χ0) is 20.4. The van der Waals surface area contributed by atoms with Gasteiger partial charge in [-0.1, -0.05) is 48.0 Å². The molecule has 0 atom stereocenters. The van der Waals surface area contributed by atoms with Crippen LogP contribution in [0.4, 0.5) is 11.4 Å². The van der Waals surface area contributed by atoms with Crippen molar-refractivity contribution in [2.24, 2.45) is 0 Å². The van der Waals surface area contributed by atoms with Gasteiger partial charge in [0.15, 0.2) is 11.5 Å². The molecule has 1 amide bonds. The van der Waals surface area contributed by atoms with Crippen molar-refractivity contribution in [3.05, 3.63) is 83.4 Å². The van der Waals surface area contributed by atoms with Gasteiger partial charge in [0.1, 0.15) is 0 Å². The van der Waals surface area contributed by atoms with Gasteiger partial charge in [-0.2, -0.15) is 0 Å². The van der Waals surface area contributed by atoms with Crippen LogP contribution in [0.25, 0.3) is 11.3 Å². The highest BCUT2D eigenvalue weighted by molar-refractivity contribution is 6.37. The number of carbonyl (C=O) groups is 1. The van der Waals surface area contributed by atoms with E-state index in [1.165, 1.54) is 5.56 Å². The fourth-order valence-corrected chi connectivity index (χ4v) is 3.41. The van der Waals surface area contributed by atoms with E-state index >= 15 is 0 Å². The number of fused-ring (bicyclic) bond motifs is 1. The summed E-state index contributed by atoms with van der Waals surface area (Å²) >= 11 is 0. The molecule has 0 fully saturated rings. The highest BCUT2D eigenvalue weighted by Gasteiger charge is 2.30. The maximum Gasteiger partial charge on any atom is 0.258 e. The molecule has 5 heteroatoms. The second-order valence-corrected chi connectivity index (χ2v) is 6.81. The molecule has 2 N–H and O–H groups in total. The molecule has 0 radical (unpaired) electrons. The summed E-state index contributed by atoms with van der Waals surface area (Å²) in [4.78, 5) is 13.0. The van der Waals surface area contributed by atoms with Crippen LogP contribution in [0.2, 0.25) is 0 Å². The summed E-state index contributed by atoms with van der Waals surface area (Å²) in [5.41, 5.74) is 5.76. The molecule has 0 saturated carbocycles. The first-order valence-corrected chi connectivity index (χ1v) is 9.32. The fraction of sp³-hybridized carbons (Fsp3) is 0.125. The maximum absolute atomic E-state index is 13.0. The van der Waals surface area contributed by atoms with E-state index in [2.05, 4.69) is 10.6 Å². The van der Waals surface area contributed by atoms with E-state index in [0.717, 1.165) is 22.5 Å². The molecule has 1 aliphatic rings.